The lowest BCUT2D eigenvalue weighted by Crippen LogP contribution is -2.51. The monoisotopic (exact) mass is 409 g/mol. The van der Waals surface area contributed by atoms with Crippen LogP contribution in [0, 0.1) is 11.3 Å². The zero-order valence-electron chi connectivity index (χ0n) is 17.4. The summed E-state index contributed by atoms with van der Waals surface area (Å²) in [4.78, 5) is 16.3. The predicted octanol–water partition coefficient (Wildman–Crippen LogP) is 3.54. The van der Waals surface area contributed by atoms with Gasteiger partial charge in [-0.1, -0.05) is 37.3 Å². The van der Waals surface area contributed by atoms with Crippen LogP contribution in [0.2, 0.25) is 0 Å². The van der Waals surface area contributed by atoms with Gasteiger partial charge >= 0.3 is 0 Å². The summed E-state index contributed by atoms with van der Waals surface area (Å²) in [6, 6.07) is 16.4. The minimum atomic E-state index is 0.374. The van der Waals surface area contributed by atoms with Gasteiger partial charge in [-0.25, -0.2) is 15.0 Å². The average Bonchev–Trinajstić information content (AvgIpc) is 3.24. The lowest BCUT2D eigenvalue weighted by molar-refractivity contribution is 0.464. The van der Waals surface area contributed by atoms with Gasteiger partial charge < -0.3 is 10.2 Å². The smallest absolute Gasteiger partial charge is 0.151 e. The maximum atomic E-state index is 9.35. The highest BCUT2D eigenvalue weighted by Crippen LogP contribution is 2.37. The maximum absolute atomic E-state index is 9.35. The van der Waals surface area contributed by atoms with Crippen LogP contribution in [-0.2, 0) is 0 Å². The van der Waals surface area contributed by atoms with Crippen molar-refractivity contribution < 1.29 is 0 Å². The molecule has 3 aromatic heterocycles. The number of hydrogen-bond donors (Lipinski definition) is 1. The van der Waals surface area contributed by atoms with Gasteiger partial charge in [-0.3, -0.25) is 4.57 Å². The molecule has 0 spiro atoms. The normalized spacial score (nSPS) is 16.4. The Balaban J connectivity index is 1.78. The number of nitrogens with one attached hydrogen (secondary N) is 1. The third-order valence-electron chi connectivity index (χ3n) is 5.86. The van der Waals surface area contributed by atoms with E-state index >= 15 is 0 Å². The molecule has 0 aliphatic carbocycles. The molecule has 1 fully saturated rings. The van der Waals surface area contributed by atoms with Gasteiger partial charge in [0.1, 0.15) is 18.0 Å². The minimum absolute atomic E-state index is 0.374. The molecule has 1 aliphatic rings. The van der Waals surface area contributed by atoms with E-state index in [0.29, 0.717) is 17.4 Å². The summed E-state index contributed by atoms with van der Waals surface area (Å²) < 4.78 is 1.97. The second kappa shape index (κ2) is 8.17. The van der Waals surface area contributed by atoms with E-state index in [1.165, 1.54) is 0 Å². The second-order valence-corrected chi connectivity index (χ2v) is 7.65. The van der Waals surface area contributed by atoms with E-state index in [1.54, 1.807) is 24.7 Å². The summed E-state index contributed by atoms with van der Waals surface area (Å²) in [6.07, 6.45) is 6.38. The van der Waals surface area contributed by atoms with Crippen LogP contribution in [0.5, 0.6) is 0 Å². The largest absolute Gasteiger partial charge is 0.350 e. The third-order valence-corrected chi connectivity index (χ3v) is 5.86. The molecule has 154 valence electrons. The van der Waals surface area contributed by atoms with Crippen LogP contribution in [0.1, 0.15) is 18.9 Å². The highest BCUT2D eigenvalue weighted by molar-refractivity contribution is 6.02. The molecule has 0 amide bonds. The lowest BCUT2D eigenvalue weighted by Gasteiger charge is -2.37. The molecular formula is C24H23N7. The number of benzene rings is 1. The van der Waals surface area contributed by atoms with Gasteiger partial charge in [-0.05, 0) is 24.1 Å². The van der Waals surface area contributed by atoms with Crippen molar-refractivity contribution in [3.8, 4) is 23.0 Å². The van der Waals surface area contributed by atoms with Crippen molar-refractivity contribution in [3.05, 3.63) is 66.7 Å². The molecule has 0 saturated carbocycles. The van der Waals surface area contributed by atoms with E-state index in [1.807, 2.05) is 22.8 Å². The van der Waals surface area contributed by atoms with Crippen LogP contribution < -0.4 is 10.2 Å². The molecule has 1 aliphatic heterocycles. The van der Waals surface area contributed by atoms with E-state index in [0.717, 1.165) is 54.0 Å². The highest BCUT2D eigenvalue weighted by Gasteiger charge is 2.27. The summed E-state index contributed by atoms with van der Waals surface area (Å²) >= 11 is 0. The topological polar surface area (TPSA) is 82.7 Å². The fourth-order valence-electron chi connectivity index (χ4n) is 4.30. The number of piperazine rings is 1. The summed E-state index contributed by atoms with van der Waals surface area (Å²) in [5.41, 5.74) is 3.51. The van der Waals surface area contributed by atoms with E-state index in [2.05, 4.69) is 51.5 Å². The van der Waals surface area contributed by atoms with Crippen molar-refractivity contribution >= 4 is 16.9 Å². The Morgan fingerprint density at radius 2 is 2.03 bits per heavy atom. The summed E-state index contributed by atoms with van der Waals surface area (Å²) in [5.74, 6) is 1.62. The molecular weight excluding hydrogens is 386 g/mol. The van der Waals surface area contributed by atoms with Crippen LogP contribution in [0.3, 0.4) is 0 Å². The first-order valence-electron chi connectivity index (χ1n) is 10.6. The Labute approximate surface area is 181 Å². The molecule has 0 radical (unpaired) electrons. The minimum Gasteiger partial charge on any atom is -0.350 e. The van der Waals surface area contributed by atoms with Crippen molar-refractivity contribution in [2.75, 3.05) is 24.5 Å². The van der Waals surface area contributed by atoms with Gasteiger partial charge in [0.2, 0.25) is 0 Å². The zero-order chi connectivity index (χ0) is 21.2. The van der Waals surface area contributed by atoms with E-state index in [4.69, 9.17) is 4.98 Å². The van der Waals surface area contributed by atoms with Gasteiger partial charge in [-0.15, -0.1) is 0 Å². The predicted molar refractivity (Wildman–Crippen MR) is 121 cm³/mol. The molecule has 1 saturated heterocycles. The first-order valence-corrected chi connectivity index (χ1v) is 10.6. The van der Waals surface area contributed by atoms with Crippen molar-refractivity contribution in [1.82, 2.24) is 24.8 Å². The van der Waals surface area contributed by atoms with Gasteiger partial charge in [-0.2, -0.15) is 5.26 Å². The number of fused-ring (bicyclic) bond motifs is 1. The van der Waals surface area contributed by atoms with Crippen molar-refractivity contribution in [2.45, 2.75) is 19.4 Å². The van der Waals surface area contributed by atoms with Crippen LogP contribution in [0.25, 0.3) is 28.0 Å². The SMILES string of the molecule is CC[C@H]1CNCCN1c1ncnc2c1c(-c1ccccc1)cn2-c1cc(C#N)ccn1. The molecule has 1 N–H and O–H groups in total. The maximum Gasteiger partial charge on any atom is 0.151 e. The lowest BCUT2D eigenvalue weighted by atomic mass is 10.0. The molecule has 0 bridgehead atoms. The Morgan fingerprint density at radius 1 is 1.16 bits per heavy atom. The third kappa shape index (κ3) is 3.41. The molecule has 31 heavy (non-hydrogen) atoms. The van der Waals surface area contributed by atoms with Crippen molar-refractivity contribution in [1.29, 1.82) is 5.26 Å². The number of aromatic nitrogens is 4. The number of hydrogen-bond acceptors (Lipinski definition) is 6. The standard InChI is InChI=1S/C24H23N7/c1-2-19-14-26-10-11-30(19)23-22-20(18-6-4-3-5-7-18)15-31(24(22)29-16-28-23)21-12-17(13-25)8-9-27-21/h3-9,12,15-16,19,26H,2,10-11,14H2,1H3/t19-/m0/s1. The fraction of sp³-hybridized carbons (Fsp3) is 0.250. The molecule has 7 nitrogen and oxygen atoms in total. The average molecular weight is 409 g/mol. The van der Waals surface area contributed by atoms with Crippen molar-refractivity contribution in [2.24, 2.45) is 0 Å². The molecule has 1 aromatic carbocycles. The first-order chi connectivity index (χ1) is 15.3. The van der Waals surface area contributed by atoms with Gasteiger partial charge in [0.05, 0.1) is 17.0 Å². The van der Waals surface area contributed by atoms with E-state index < -0.39 is 0 Å². The Morgan fingerprint density at radius 3 is 2.84 bits per heavy atom. The molecule has 5 rings (SSSR count). The first kappa shape index (κ1) is 19.2. The fourth-order valence-corrected chi connectivity index (χ4v) is 4.30. The van der Waals surface area contributed by atoms with Gasteiger partial charge in [0.25, 0.3) is 0 Å². The zero-order valence-corrected chi connectivity index (χ0v) is 17.4. The van der Waals surface area contributed by atoms with Crippen LogP contribution in [0.4, 0.5) is 5.82 Å². The molecule has 4 heterocycles. The molecule has 0 unspecified atom stereocenters. The van der Waals surface area contributed by atoms with E-state index in [-0.39, 0.29) is 0 Å². The number of anilines is 1. The molecule has 1 atom stereocenters. The number of rotatable bonds is 4. The summed E-state index contributed by atoms with van der Waals surface area (Å²) in [6.45, 7) is 4.97. The molecule has 4 aromatic rings. The quantitative estimate of drug-likeness (QED) is 0.555. The Bertz CT molecular complexity index is 1260. The van der Waals surface area contributed by atoms with Gasteiger partial charge in [0, 0.05) is 43.6 Å². The Kier molecular flexibility index (Phi) is 5.06. The number of nitrogens with zero attached hydrogens (tertiary/aromatic N) is 6. The Hall–Kier alpha value is -3.76. The highest BCUT2D eigenvalue weighted by atomic mass is 15.3. The van der Waals surface area contributed by atoms with Crippen LogP contribution in [0.15, 0.2) is 61.2 Å². The van der Waals surface area contributed by atoms with Crippen LogP contribution in [-0.4, -0.2) is 45.2 Å². The second-order valence-electron chi connectivity index (χ2n) is 7.65. The van der Waals surface area contributed by atoms with E-state index in [9.17, 15) is 5.26 Å². The molecule has 7 heteroatoms. The van der Waals surface area contributed by atoms with Gasteiger partial charge in [0.15, 0.2) is 5.65 Å². The van der Waals surface area contributed by atoms with Crippen LogP contribution >= 0.6 is 0 Å². The number of pyridine rings is 1. The number of nitriles is 1. The summed E-state index contributed by atoms with van der Waals surface area (Å²) in [7, 11) is 0. The summed E-state index contributed by atoms with van der Waals surface area (Å²) in [5, 5.41) is 13.9. The van der Waals surface area contributed by atoms with Crippen molar-refractivity contribution in [3.63, 3.8) is 0 Å².